The van der Waals surface area contributed by atoms with E-state index < -0.39 is 12.0 Å². The molecule has 1 unspecified atom stereocenters. The van der Waals surface area contributed by atoms with Gasteiger partial charge in [-0.2, -0.15) is 4.98 Å². The molecule has 0 aliphatic carbocycles. The van der Waals surface area contributed by atoms with Gasteiger partial charge in [-0.25, -0.2) is 9.48 Å². The smallest absolute Gasteiger partial charge is 0.338 e. The second-order valence-electron chi connectivity index (χ2n) is 7.69. The van der Waals surface area contributed by atoms with E-state index in [4.69, 9.17) is 14.2 Å². The minimum absolute atomic E-state index is 0.00731. The maximum Gasteiger partial charge on any atom is 0.338 e. The normalized spacial score (nSPS) is 15.7. The van der Waals surface area contributed by atoms with Crippen LogP contribution in [0.2, 0.25) is 0 Å². The summed E-state index contributed by atoms with van der Waals surface area (Å²) in [5.41, 5.74) is 1.99. The highest BCUT2D eigenvalue weighted by atomic mass is 32.2. The highest BCUT2D eigenvalue weighted by Crippen LogP contribution is 2.40. The fraction of sp³-hybridized carbons (Fsp3) is 0.500. The second-order valence-corrected chi connectivity index (χ2v) is 8.92. The standard InChI is InChI=1S/C22H30N4O4S/c1-8-31-22-24-21-23-14(6)18(20(27)30-13(4)5)19(26(21)25-22)15-9-10-16(29-12(2)3)17(11-15)28-7/h9-13,19H,8H2,1-7H3,(H,23,24,25). The van der Waals surface area contributed by atoms with Crippen LogP contribution < -0.4 is 14.8 Å². The number of fused-ring (bicyclic) bond motifs is 1. The van der Waals surface area contributed by atoms with Gasteiger partial charge in [-0.05, 0) is 58.1 Å². The first-order valence-electron chi connectivity index (χ1n) is 10.4. The Morgan fingerprint density at radius 1 is 1.23 bits per heavy atom. The first-order valence-corrected chi connectivity index (χ1v) is 11.4. The number of aromatic nitrogens is 3. The lowest BCUT2D eigenvalue weighted by Gasteiger charge is -2.29. The van der Waals surface area contributed by atoms with Crippen LogP contribution in [0.3, 0.4) is 0 Å². The predicted molar refractivity (Wildman–Crippen MR) is 121 cm³/mol. The number of nitrogens with zero attached hydrogens (tertiary/aromatic N) is 3. The minimum Gasteiger partial charge on any atom is -0.493 e. The molecule has 9 heteroatoms. The zero-order valence-electron chi connectivity index (χ0n) is 19.1. The van der Waals surface area contributed by atoms with Gasteiger partial charge in [0, 0.05) is 5.70 Å². The molecule has 1 atom stereocenters. The molecule has 0 spiro atoms. The van der Waals surface area contributed by atoms with Crippen LogP contribution >= 0.6 is 11.8 Å². The van der Waals surface area contributed by atoms with Crippen molar-refractivity contribution in [1.29, 1.82) is 0 Å². The highest BCUT2D eigenvalue weighted by molar-refractivity contribution is 7.99. The van der Waals surface area contributed by atoms with Crippen LogP contribution in [0.15, 0.2) is 34.6 Å². The van der Waals surface area contributed by atoms with E-state index in [9.17, 15) is 4.79 Å². The van der Waals surface area contributed by atoms with Crippen LogP contribution in [0, 0.1) is 0 Å². The Labute approximate surface area is 187 Å². The van der Waals surface area contributed by atoms with Gasteiger partial charge in [-0.1, -0.05) is 24.8 Å². The van der Waals surface area contributed by atoms with Gasteiger partial charge in [-0.3, -0.25) is 0 Å². The molecule has 2 heterocycles. The Balaban J connectivity index is 2.13. The molecular weight excluding hydrogens is 416 g/mol. The Morgan fingerprint density at radius 3 is 2.58 bits per heavy atom. The average Bonchev–Trinajstić information content (AvgIpc) is 3.08. The summed E-state index contributed by atoms with van der Waals surface area (Å²) >= 11 is 1.54. The number of allylic oxidation sites excluding steroid dienone is 1. The number of anilines is 1. The van der Waals surface area contributed by atoms with Crippen molar-refractivity contribution >= 4 is 23.7 Å². The third-order valence-electron chi connectivity index (χ3n) is 4.54. The number of ether oxygens (including phenoxy) is 3. The average molecular weight is 447 g/mol. The van der Waals surface area contributed by atoms with E-state index in [-0.39, 0.29) is 12.2 Å². The van der Waals surface area contributed by atoms with Gasteiger partial charge in [0.15, 0.2) is 11.5 Å². The number of nitrogens with one attached hydrogen (secondary N) is 1. The number of thioether (sulfide) groups is 1. The monoisotopic (exact) mass is 446 g/mol. The maximum absolute atomic E-state index is 13.1. The summed E-state index contributed by atoms with van der Waals surface area (Å²) in [7, 11) is 1.60. The molecule has 0 saturated carbocycles. The van der Waals surface area contributed by atoms with Gasteiger partial charge in [0.2, 0.25) is 11.1 Å². The molecule has 8 nitrogen and oxygen atoms in total. The van der Waals surface area contributed by atoms with E-state index >= 15 is 0 Å². The van der Waals surface area contributed by atoms with Gasteiger partial charge in [0.25, 0.3) is 0 Å². The molecular formula is C22H30N4O4S. The number of hydrogen-bond donors (Lipinski definition) is 1. The molecule has 0 radical (unpaired) electrons. The number of hydrogen-bond acceptors (Lipinski definition) is 8. The van der Waals surface area contributed by atoms with Crippen LogP contribution in [0.1, 0.15) is 53.1 Å². The lowest BCUT2D eigenvalue weighted by molar-refractivity contribution is -0.143. The Kier molecular flexibility index (Phi) is 7.15. The summed E-state index contributed by atoms with van der Waals surface area (Å²) in [6, 6.07) is 5.14. The number of methoxy groups -OCH3 is 1. The van der Waals surface area contributed by atoms with Gasteiger partial charge >= 0.3 is 5.97 Å². The minimum atomic E-state index is -0.511. The molecule has 0 bridgehead atoms. The van der Waals surface area contributed by atoms with Crippen molar-refractivity contribution in [2.24, 2.45) is 0 Å². The molecule has 3 rings (SSSR count). The largest absolute Gasteiger partial charge is 0.493 e. The predicted octanol–water partition coefficient (Wildman–Crippen LogP) is 4.43. The third kappa shape index (κ3) is 4.98. The fourth-order valence-electron chi connectivity index (χ4n) is 3.38. The van der Waals surface area contributed by atoms with Crippen molar-refractivity contribution in [3.8, 4) is 11.5 Å². The molecule has 31 heavy (non-hydrogen) atoms. The lowest BCUT2D eigenvalue weighted by atomic mass is 9.95. The van der Waals surface area contributed by atoms with E-state index in [1.54, 1.807) is 23.6 Å². The maximum atomic E-state index is 13.1. The zero-order valence-corrected chi connectivity index (χ0v) is 19.9. The van der Waals surface area contributed by atoms with Crippen molar-refractivity contribution in [3.05, 3.63) is 35.0 Å². The van der Waals surface area contributed by atoms with E-state index in [0.717, 1.165) is 11.3 Å². The summed E-state index contributed by atoms with van der Waals surface area (Å²) in [5.74, 6) is 2.27. The Hall–Kier alpha value is -2.68. The third-order valence-corrected chi connectivity index (χ3v) is 5.26. The van der Waals surface area contributed by atoms with Gasteiger partial charge in [-0.15, -0.1) is 5.10 Å². The summed E-state index contributed by atoms with van der Waals surface area (Å²) in [6.45, 7) is 11.5. The first kappa shape index (κ1) is 23.0. The van der Waals surface area contributed by atoms with Crippen molar-refractivity contribution in [2.75, 3.05) is 18.2 Å². The summed E-state index contributed by atoms with van der Waals surface area (Å²) in [4.78, 5) is 17.7. The number of rotatable bonds is 8. The topological polar surface area (TPSA) is 87.5 Å². The molecule has 1 aromatic carbocycles. The number of esters is 1. The van der Waals surface area contributed by atoms with Gasteiger partial charge in [0.05, 0.1) is 24.9 Å². The number of carbonyl (C=O) groups excluding carboxylic acids is 1. The Bertz CT molecular complexity index is 984. The summed E-state index contributed by atoms with van der Waals surface area (Å²) in [5, 5.41) is 8.52. The van der Waals surface area contributed by atoms with E-state index in [0.29, 0.717) is 33.9 Å². The van der Waals surface area contributed by atoms with E-state index in [1.807, 2.05) is 59.7 Å². The molecule has 1 aliphatic heterocycles. The fourth-order valence-corrected chi connectivity index (χ4v) is 3.93. The molecule has 1 aliphatic rings. The molecule has 0 amide bonds. The van der Waals surface area contributed by atoms with Crippen molar-refractivity contribution in [2.45, 2.75) is 64.9 Å². The van der Waals surface area contributed by atoms with E-state index in [2.05, 4.69) is 15.4 Å². The summed E-state index contributed by atoms with van der Waals surface area (Å²) in [6.07, 6.45) is -0.235. The zero-order chi connectivity index (χ0) is 22.7. The number of benzene rings is 1. The Morgan fingerprint density at radius 2 is 1.97 bits per heavy atom. The molecule has 1 aromatic heterocycles. The highest BCUT2D eigenvalue weighted by Gasteiger charge is 2.36. The first-order chi connectivity index (χ1) is 14.7. The number of carbonyl (C=O) groups is 1. The molecule has 0 fully saturated rings. The second kappa shape index (κ2) is 9.64. The van der Waals surface area contributed by atoms with Crippen molar-refractivity contribution in [3.63, 3.8) is 0 Å². The van der Waals surface area contributed by atoms with Crippen molar-refractivity contribution < 1.29 is 19.0 Å². The lowest BCUT2D eigenvalue weighted by Crippen LogP contribution is -2.30. The van der Waals surface area contributed by atoms with Gasteiger partial charge in [0.1, 0.15) is 6.04 Å². The van der Waals surface area contributed by atoms with Crippen molar-refractivity contribution in [1.82, 2.24) is 14.8 Å². The molecule has 1 N–H and O–H groups in total. The SMILES string of the molecule is CCSc1nc2n(n1)C(c1ccc(OC(C)C)c(OC)c1)C(C(=O)OC(C)C)=C(C)N2. The van der Waals surface area contributed by atoms with Crippen LogP contribution in [0.5, 0.6) is 11.5 Å². The molecule has 2 aromatic rings. The van der Waals surface area contributed by atoms with Crippen LogP contribution in [0.4, 0.5) is 5.95 Å². The van der Waals surface area contributed by atoms with Crippen LogP contribution in [-0.4, -0.2) is 45.8 Å². The van der Waals surface area contributed by atoms with Crippen LogP contribution in [-0.2, 0) is 9.53 Å². The van der Waals surface area contributed by atoms with E-state index in [1.165, 1.54) is 0 Å². The summed E-state index contributed by atoms with van der Waals surface area (Å²) < 4.78 is 18.7. The molecule has 168 valence electrons. The van der Waals surface area contributed by atoms with Gasteiger partial charge < -0.3 is 19.5 Å². The van der Waals surface area contributed by atoms with Crippen LogP contribution in [0.25, 0.3) is 0 Å². The molecule has 0 saturated heterocycles. The quantitative estimate of drug-likeness (QED) is 0.471.